The Bertz CT molecular complexity index is 777. The molecule has 1 N–H and O–H groups in total. The first-order chi connectivity index (χ1) is 10.1. The molecule has 0 aromatic heterocycles. The third-order valence-corrected chi connectivity index (χ3v) is 3.04. The van der Waals surface area contributed by atoms with Crippen LogP contribution in [-0.2, 0) is 4.79 Å². The van der Waals surface area contributed by atoms with Crippen molar-refractivity contribution in [3.05, 3.63) is 53.6 Å². The van der Waals surface area contributed by atoms with Crippen LogP contribution in [0.4, 0.5) is 0 Å². The lowest BCUT2D eigenvalue weighted by Crippen LogP contribution is -2.15. The molecule has 2 aromatic carbocycles. The van der Waals surface area contributed by atoms with Gasteiger partial charge in [-0.3, -0.25) is 10.1 Å². The Morgan fingerprint density at radius 1 is 1.19 bits per heavy atom. The van der Waals surface area contributed by atoms with Crippen molar-refractivity contribution in [3.63, 3.8) is 0 Å². The summed E-state index contributed by atoms with van der Waals surface area (Å²) in [6, 6.07) is 13.9. The van der Waals surface area contributed by atoms with Gasteiger partial charge in [-0.2, -0.15) is 10.3 Å². The maximum atomic E-state index is 12.0. The van der Waals surface area contributed by atoms with Crippen LogP contribution in [0.1, 0.15) is 19.4 Å². The predicted octanol–water partition coefficient (Wildman–Crippen LogP) is 3.26. The lowest BCUT2D eigenvalue weighted by molar-refractivity contribution is -0.114. The molecule has 2 rings (SSSR count). The molecule has 0 aliphatic heterocycles. The summed E-state index contributed by atoms with van der Waals surface area (Å²) in [7, 11) is 0. The summed E-state index contributed by atoms with van der Waals surface area (Å²) < 4.78 is 0. The molecule has 0 saturated heterocycles. The maximum Gasteiger partial charge on any atom is 0.274 e. The van der Waals surface area contributed by atoms with Gasteiger partial charge in [0.2, 0.25) is 0 Å². The minimum Gasteiger partial charge on any atom is -0.280 e. The number of carbonyl (C=O) groups is 1. The van der Waals surface area contributed by atoms with E-state index in [4.69, 9.17) is 5.26 Å². The first-order valence-corrected chi connectivity index (χ1v) is 6.52. The summed E-state index contributed by atoms with van der Waals surface area (Å²) in [4.78, 5) is 15.8. The third kappa shape index (κ3) is 3.54. The largest absolute Gasteiger partial charge is 0.280 e. The fourth-order valence-electron chi connectivity index (χ4n) is 2.02. The van der Waals surface area contributed by atoms with Crippen molar-refractivity contribution in [2.24, 2.45) is 4.99 Å². The van der Waals surface area contributed by atoms with Gasteiger partial charge in [-0.1, -0.05) is 42.5 Å². The molecule has 0 heterocycles. The van der Waals surface area contributed by atoms with Crippen LogP contribution < -0.4 is 5.32 Å². The number of hydrogen-bond acceptors (Lipinski definition) is 2. The van der Waals surface area contributed by atoms with Crippen molar-refractivity contribution in [1.29, 1.82) is 5.26 Å². The number of nitriles is 1. The molecule has 0 bridgehead atoms. The highest BCUT2D eigenvalue weighted by Gasteiger charge is 2.05. The van der Waals surface area contributed by atoms with Crippen LogP contribution in [0.3, 0.4) is 0 Å². The molecule has 4 heteroatoms. The highest BCUT2D eigenvalue weighted by molar-refractivity contribution is 6.06. The van der Waals surface area contributed by atoms with E-state index in [1.165, 1.54) is 0 Å². The number of hydrogen-bond donors (Lipinski definition) is 1. The van der Waals surface area contributed by atoms with E-state index in [2.05, 4.69) is 10.3 Å². The van der Waals surface area contributed by atoms with Gasteiger partial charge in [0, 0.05) is 5.57 Å². The Morgan fingerprint density at radius 3 is 2.67 bits per heavy atom. The van der Waals surface area contributed by atoms with Crippen molar-refractivity contribution in [3.8, 4) is 6.19 Å². The monoisotopic (exact) mass is 277 g/mol. The zero-order chi connectivity index (χ0) is 15.2. The van der Waals surface area contributed by atoms with Crippen molar-refractivity contribution < 1.29 is 4.79 Å². The molecule has 0 aliphatic rings. The van der Waals surface area contributed by atoms with Gasteiger partial charge in [-0.05, 0) is 36.3 Å². The van der Waals surface area contributed by atoms with E-state index in [0.717, 1.165) is 16.3 Å². The zero-order valence-electron chi connectivity index (χ0n) is 11.9. The highest BCUT2D eigenvalue weighted by Crippen LogP contribution is 2.21. The van der Waals surface area contributed by atoms with Gasteiger partial charge in [-0.15, -0.1) is 0 Å². The number of amidine groups is 1. The number of rotatable bonds is 2. The summed E-state index contributed by atoms with van der Waals surface area (Å²) in [6.07, 6.45) is 3.55. The van der Waals surface area contributed by atoms with Crippen molar-refractivity contribution >= 4 is 28.6 Å². The normalized spacial score (nSPS) is 12.0. The van der Waals surface area contributed by atoms with Crippen LogP contribution in [0.5, 0.6) is 0 Å². The Hall–Kier alpha value is -2.93. The minimum absolute atomic E-state index is 0.285. The van der Waals surface area contributed by atoms with Gasteiger partial charge in [0.15, 0.2) is 6.19 Å². The number of fused-ring (bicyclic) bond motifs is 1. The molecule has 0 unspecified atom stereocenters. The minimum atomic E-state index is -0.358. The molecule has 0 spiro atoms. The quantitative estimate of drug-likeness (QED) is 0.301. The summed E-state index contributed by atoms with van der Waals surface area (Å²) >= 11 is 0. The SMILES string of the molecule is C/C(=C\c1cccc2ccccc12)C(=O)/N=C(\C)NC#N. The second kappa shape index (κ2) is 6.49. The molecular weight excluding hydrogens is 262 g/mol. The van der Waals surface area contributed by atoms with Gasteiger partial charge < -0.3 is 0 Å². The fourth-order valence-corrected chi connectivity index (χ4v) is 2.02. The molecule has 0 fully saturated rings. The second-order valence-corrected chi connectivity index (χ2v) is 4.63. The first kappa shape index (κ1) is 14.5. The van der Waals surface area contributed by atoms with Crippen molar-refractivity contribution in [2.45, 2.75) is 13.8 Å². The van der Waals surface area contributed by atoms with Gasteiger partial charge in [0.1, 0.15) is 5.84 Å². The van der Waals surface area contributed by atoms with Crippen molar-refractivity contribution in [2.75, 3.05) is 0 Å². The molecular formula is C17H15N3O. The molecule has 4 nitrogen and oxygen atoms in total. The van der Waals surface area contributed by atoms with Crippen LogP contribution in [0.25, 0.3) is 16.8 Å². The molecule has 104 valence electrons. The first-order valence-electron chi connectivity index (χ1n) is 6.52. The van der Waals surface area contributed by atoms with Crippen LogP contribution in [0.2, 0.25) is 0 Å². The number of carbonyl (C=O) groups excluding carboxylic acids is 1. The van der Waals surface area contributed by atoms with Gasteiger partial charge in [0.25, 0.3) is 5.91 Å². The molecule has 21 heavy (non-hydrogen) atoms. The Kier molecular flexibility index (Phi) is 4.47. The standard InChI is InChI=1S/C17H15N3O/c1-12(17(21)20-13(2)19-11-18)10-15-8-5-7-14-6-3-4-9-16(14)15/h3-10H,1-2H3,(H,19,20,21)/b12-10+. The Labute approximate surface area is 123 Å². The fraction of sp³-hybridized carbons (Fsp3) is 0.118. The molecule has 2 aromatic rings. The zero-order valence-corrected chi connectivity index (χ0v) is 11.9. The third-order valence-electron chi connectivity index (χ3n) is 3.04. The molecule has 1 amide bonds. The molecule has 0 atom stereocenters. The van der Waals surface area contributed by atoms with E-state index in [0.29, 0.717) is 5.57 Å². The lowest BCUT2D eigenvalue weighted by atomic mass is 10.0. The summed E-state index contributed by atoms with van der Waals surface area (Å²) in [5, 5.41) is 13.0. The highest BCUT2D eigenvalue weighted by atomic mass is 16.1. The van der Waals surface area contributed by atoms with E-state index in [9.17, 15) is 4.79 Å². The van der Waals surface area contributed by atoms with Gasteiger partial charge >= 0.3 is 0 Å². The molecule has 0 saturated carbocycles. The number of amides is 1. The average Bonchev–Trinajstić information content (AvgIpc) is 2.47. The number of aliphatic imine (C=N–C) groups is 1. The Morgan fingerprint density at radius 2 is 1.90 bits per heavy atom. The van der Waals surface area contributed by atoms with Gasteiger partial charge in [-0.25, -0.2) is 0 Å². The van der Waals surface area contributed by atoms with E-state index >= 15 is 0 Å². The number of nitrogens with zero attached hydrogens (tertiary/aromatic N) is 2. The van der Waals surface area contributed by atoms with Gasteiger partial charge in [0.05, 0.1) is 0 Å². The second-order valence-electron chi connectivity index (χ2n) is 4.63. The van der Waals surface area contributed by atoms with E-state index in [1.807, 2.05) is 48.5 Å². The van der Waals surface area contributed by atoms with E-state index < -0.39 is 0 Å². The van der Waals surface area contributed by atoms with Crippen LogP contribution in [0, 0.1) is 11.5 Å². The number of benzene rings is 2. The van der Waals surface area contributed by atoms with Crippen molar-refractivity contribution in [1.82, 2.24) is 5.32 Å². The smallest absolute Gasteiger partial charge is 0.274 e. The summed E-state index contributed by atoms with van der Waals surface area (Å²) in [6.45, 7) is 3.29. The van der Waals surface area contributed by atoms with Crippen LogP contribution in [-0.4, -0.2) is 11.7 Å². The molecule has 0 aliphatic carbocycles. The topological polar surface area (TPSA) is 65.2 Å². The predicted molar refractivity (Wildman–Crippen MR) is 84.5 cm³/mol. The molecule has 0 radical (unpaired) electrons. The van der Waals surface area contributed by atoms with E-state index in [-0.39, 0.29) is 11.7 Å². The maximum absolute atomic E-state index is 12.0. The number of nitrogens with one attached hydrogen (secondary N) is 1. The lowest BCUT2D eigenvalue weighted by Gasteiger charge is -2.03. The Balaban J connectivity index is 2.36. The summed E-state index contributed by atoms with van der Waals surface area (Å²) in [5.41, 5.74) is 1.49. The summed E-state index contributed by atoms with van der Waals surface area (Å²) in [5.74, 6) is -0.0728. The van der Waals surface area contributed by atoms with E-state index in [1.54, 1.807) is 20.0 Å². The van der Waals surface area contributed by atoms with Crippen LogP contribution >= 0.6 is 0 Å². The van der Waals surface area contributed by atoms with Crippen LogP contribution in [0.15, 0.2) is 53.0 Å². The average molecular weight is 277 g/mol.